The van der Waals surface area contributed by atoms with Crippen LogP contribution in [-0.4, -0.2) is 87.8 Å². The minimum Gasteiger partial charge on any atom is -0.388 e. The Bertz CT molecular complexity index is 1730. The van der Waals surface area contributed by atoms with Gasteiger partial charge in [0.1, 0.15) is 5.82 Å². The molecule has 1 aliphatic rings. The van der Waals surface area contributed by atoms with Gasteiger partial charge in [0.25, 0.3) is 0 Å². The van der Waals surface area contributed by atoms with Crippen LogP contribution in [0.1, 0.15) is 23.2 Å². The highest BCUT2D eigenvalue weighted by Crippen LogP contribution is 2.51. The predicted molar refractivity (Wildman–Crippen MR) is 156 cm³/mol. The Morgan fingerprint density at radius 2 is 1.77 bits per heavy atom. The van der Waals surface area contributed by atoms with Crippen LogP contribution in [0.25, 0.3) is 27.9 Å². The summed E-state index contributed by atoms with van der Waals surface area (Å²) in [5.41, 5.74) is 0.994. The van der Waals surface area contributed by atoms with Crippen LogP contribution >= 0.6 is 0 Å². The molecule has 0 spiro atoms. The average molecular weight is 516 g/mol. The smallest absolute Gasteiger partial charge is 0.228 e. The number of aryl methyl sites for hydroxylation is 1. The number of hydrogen-bond acceptors (Lipinski definition) is 6. The lowest BCUT2D eigenvalue weighted by molar-refractivity contribution is 0.0395. The van der Waals surface area contributed by atoms with Crippen molar-refractivity contribution < 1.29 is 9.50 Å². The number of H-pyrrole nitrogens is 1. The van der Waals surface area contributed by atoms with Crippen LogP contribution in [0.3, 0.4) is 0 Å². The molecular formula is C25H18B6FN7O. The Balaban J connectivity index is 1.49. The Kier molecular flexibility index (Phi) is 6.21. The molecular weight excluding hydrogens is 498 g/mol. The first-order chi connectivity index (χ1) is 18.9. The first-order valence-corrected chi connectivity index (χ1v) is 12.5. The molecule has 40 heavy (non-hydrogen) atoms. The number of fused-ring (bicyclic) bond motifs is 4. The molecule has 12 radical (unpaired) electrons. The Morgan fingerprint density at radius 1 is 1.02 bits per heavy atom. The predicted octanol–water partition coefficient (Wildman–Crippen LogP) is 1.12. The number of rotatable bonds is 6. The van der Waals surface area contributed by atoms with Crippen molar-refractivity contribution in [2.75, 3.05) is 5.32 Å². The van der Waals surface area contributed by atoms with Crippen molar-refractivity contribution in [3.05, 3.63) is 71.6 Å². The second-order valence-corrected chi connectivity index (χ2v) is 10.3. The molecule has 0 aliphatic heterocycles. The summed E-state index contributed by atoms with van der Waals surface area (Å²) in [6, 6.07) is 9.31. The summed E-state index contributed by atoms with van der Waals surface area (Å²) in [6.45, 7) is 0. The Hall–Kier alpha value is -3.46. The SMILES string of the molecule is [B]C([B])([B])C(O)(c1cnn2c(N[C@@H]3CCc4[nH]c5ccccc5c4C3)nc(-c3cncc(F)c3)nc12)C([B])([B])[B]. The molecule has 15 heteroatoms. The van der Waals surface area contributed by atoms with Gasteiger partial charge in [-0.3, -0.25) is 4.98 Å². The summed E-state index contributed by atoms with van der Waals surface area (Å²) in [5.74, 6) is -0.267. The van der Waals surface area contributed by atoms with E-state index >= 15 is 0 Å². The van der Waals surface area contributed by atoms with Crippen LogP contribution in [0.5, 0.6) is 0 Å². The number of pyridine rings is 1. The van der Waals surface area contributed by atoms with Gasteiger partial charge in [-0.05, 0) is 37.0 Å². The summed E-state index contributed by atoms with van der Waals surface area (Å²) in [6.07, 6.45) is 5.97. The number of aliphatic hydroxyl groups is 1. The van der Waals surface area contributed by atoms with E-state index in [1.54, 1.807) is 0 Å². The highest BCUT2D eigenvalue weighted by atomic mass is 19.1. The number of para-hydroxylation sites is 1. The van der Waals surface area contributed by atoms with Crippen LogP contribution < -0.4 is 5.32 Å². The fourth-order valence-electron chi connectivity index (χ4n) is 5.41. The lowest BCUT2D eigenvalue weighted by Gasteiger charge is -2.52. The van der Waals surface area contributed by atoms with Gasteiger partial charge in [-0.1, -0.05) is 18.2 Å². The molecule has 1 aliphatic carbocycles. The molecule has 8 nitrogen and oxygen atoms in total. The van der Waals surface area contributed by atoms with Gasteiger partial charge < -0.3 is 15.4 Å². The maximum absolute atomic E-state index is 14.1. The summed E-state index contributed by atoms with van der Waals surface area (Å²) in [4.78, 5) is 16.5. The lowest BCUT2D eigenvalue weighted by atomic mass is 9.22. The van der Waals surface area contributed by atoms with E-state index in [1.807, 2.05) is 12.1 Å². The van der Waals surface area contributed by atoms with E-state index in [-0.39, 0.29) is 34.6 Å². The molecule has 1 aromatic carbocycles. The molecule has 1 atom stereocenters. The second kappa shape index (κ2) is 9.29. The third-order valence-electron chi connectivity index (χ3n) is 7.40. The number of nitrogens with one attached hydrogen (secondary N) is 2. The standard InChI is InChI=1S/C25H18B6FN7O/c26-24(27,28)23(40,25(29,30)31)17-11-34-39-21(17)37-20(12-7-13(32)10-33-9-12)38-22(39)35-14-5-6-19-16(8-14)15-3-1-2-4-18(15)36-19/h1-4,7,9-11,14,36,40H,5-6,8H2,(H,35,37,38)/t14-/m1/s1. The summed E-state index contributed by atoms with van der Waals surface area (Å²) in [5, 5.41) is 15.7. The van der Waals surface area contributed by atoms with E-state index in [0.717, 1.165) is 29.9 Å². The number of halogens is 1. The molecule has 0 unspecified atom stereocenters. The molecule has 0 fully saturated rings. The zero-order valence-corrected chi connectivity index (χ0v) is 21.3. The third kappa shape index (κ3) is 4.26. The van der Waals surface area contributed by atoms with Crippen molar-refractivity contribution in [1.82, 2.24) is 29.5 Å². The maximum atomic E-state index is 14.1. The minimum atomic E-state index is -2.62. The quantitative estimate of drug-likeness (QED) is 0.293. The molecule has 6 rings (SSSR count). The number of aromatic amines is 1. The average Bonchev–Trinajstić information content (AvgIpc) is 3.48. The molecule has 5 aromatic rings. The van der Waals surface area contributed by atoms with Gasteiger partial charge >= 0.3 is 0 Å². The van der Waals surface area contributed by atoms with Crippen molar-refractivity contribution in [2.45, 2.75) is 41.1 Å². The van der Waals surface area contributed by atoms with E-state index in [0.29, 0.717) is 6.42 Å². The lowest BCUT2D eigenvalue weighted by Crippen LogP contribution is -2.52. The maximum Gasteiger partial charge on any atom is 0.228 e. The Morgan fingerprint density at radius 3 is 2.50 bits per heavy atom. The fraction of sp³-hybridized carbons (Fsp3) is 0.280. The van der Waals surface area contributed by atoms with Crippen molar-refractivity contribution in [3.8, 4) is 11.4 Å². The van der Waals surface area contributed by atoms with Gasteiger partial charge in [0, 0.05) is 40.0 Å². The van der Waals surface area contributed by atoms with Crippen molar-refractivity contribution >= 4 is 69.6 Å². The summed E-state index contributed by atoms with van der Waals surface area (Å²) < 4.78 is 15.4. The topological polar surface area (TPSA) is 104 Å². The van der Waals surface area contributed by atoms with Gasteiger partial charge in [-0.25, -0.2) is 9.37 Å². The van der Waals surface area contributed by atoms with Crippen molar-refractivity contribution in [3.63, 3.8) is 0 Å². The molecule has 3 N–H and O–H groups in total. The Labute approximate surface area is 237 Å². The number of hydrogen-bond donors (Lipinski definition) is 3. The molecule has 0 bridgehead atoms. The van der Waals surface area contributed by atoms with Crippen molar-refractivity contribution in [2.24, 2.45) is 0 Å². The second-order valence-electron chi connectivity index (χ2n) is 10.3. The molecule has 0 saturated carbocycles. The van der Waals surface area contributed by atoms with Gasteiger partial charge in [0.15, 0.2) is 11.5 Å². The van der Waals surface area contributed by atoms with Crippen LogP contribution in [0.4, 0.5) is 10.3 Å². The molecule has 4 heterocycles. The first kappa shape index (κ1) is 26.7. The fourth-order valence-corrected chi connectivity index (χ4v) is 5.41. The third-order valence-corrected chi connectivity index (χ3v) is 7.40. The summed E-state index contributed by atoms with van der Waals surface area (Å²) >= 11 is 0. The largest absolute Gasteiger partial charge is 0.388 e. The van der Waals surface area contributed by atoms with Crippen LogP contribution in [0, 0.1) is 5.82 Å². The van der Waals surface area contributed by atoms with E-state index in [4.69, 9.17) is 47.1 Å². The highest BCUT2D eigenvalue weighted by molar-refractivity contribution is 6.65. The van der Waals surface area contributed by atoms with E-state index < -0.39 is 21.6 Å². The van der Waals surface area contributed by atoms with Crippen LogP contribution in [0.15, 0.2) is 48.9 Å². The molecule has 0 amide bonds. The first-order valence-electron chi connectivity index (χ1n) is 12.5. The van der Waals surface area contributed by atoms with Crippen molar-refractivity contribution in [1.29, 1.82) is 0 Å². The minimum absolute atomic E-state index is 0.000645. The van der Waals surface area contributed by atoms with Crippen LogP contribution in [0.2, 0.25) is 10.2 Å². The van der Waals surface area contributed by atoms with E-state index in [9.17, 15) is 9.50 Å². The van der Waals surface area contributed by atoms with Gasteiger partial charge in [-0.15, -0.1) is 10.2 Å². The number of aromatic nitrogens is 6. The zero-order valence-electron chi connectivity index (χ0n) is 21.3. The molecule has 184 valence electrons. The molecule has 4 aromatic heterocycles. The van der Waals surface area contributed by atoms with Gasteiger partial charge in [-0.2, -0.15) is 14.6 Å². The van der Waals surface area contributed by atoms with Gasteiger partial charge in [0.05, 0.1) is 65.1 Å². The van der Waals surface area contributed by atoms with E-state index in [2.05, 4.69) is 42.5 Å². The number of nitrogens with zero attached hydrogens (tertiary/aromatic N) is 5. The summed E-state index contributed by atoms with van der Waals surface area (Å²) in [7, 11) is 35.6. The van der Waals surface area contributed by atoms with E-state index in [1.165, 1.54) is 34.2 Å². The highest BCUT2D eigenvalue weighted by Gasteiger charge is 2.50. The van der Waals surface area contributed by atoms with Crippen LogP contribution in [-0.2, 0) is 18.4 Å². The zero-order chi connectivity index (χ0) is 28.4. The molecule has 0 saturated heterocycles. The number of anilines is 1. The van der Waals surface area contributed by atoms with Gasteiger partial charge in [0.2, 0.25) is 5.95 Å². The number of benzene rings is 1. The normalized spacial score (nSPS) is 16.3. The monoisotopic (exact) mass is 517 g/mol.